The Morgan fingerprint density at radius 1 is 1.83 bits per heavy atom. The third-order valence-corrected chi connectivity index (χ3v) is 0.175. The summed E-state index contributed by atoms with van der Waals surface area (Å²) in [6.07, 6.45) is 0. The largest absolute Gasteiger partial charge is 0.480 e. The molecule has 0 bridgehead atoms. The van der Waals surface area contributed by atoms with Gasteiger partial charge in [-0.2, -0.15) is 0 Å². The van der Waals surface area contributed by atoms with Crippen molar-refractivity contribution in [2.75, 3.05) is 6.54 Å². The van der Waals surface area contributed by atoms with Crippen LogP contribution < -0.4 is 5.73 Å². The molecule has 0 heterocycles. The molecule has 0 aliphatic heterocycles. The van der Waals surface area contributed by atoms with Crippen molar-refractivity contribution >= 4 is 29.9 Å². The molecule has 0 amide bonds. The molecule has 4 heteroatoms. The molecule has 0 aromatic heterocycles. The fourth-order valence-electron chi connectivity index (χ4n) is 0. The second-order valence-corrected chi connectivity index (χ2v) is 0.598. The Hall–Kier alpha value is 0.229. The molecule has 0 aromatic carbocycles. The zero-order valence-corrected chi connectivity index (χ0v) is 5.99. The predicted molar refractivity (Wildman–Crippen MR) is 22.4 cm³/mol. The van der Waals surface area contributed by atoms with Gasteiger partial charge in [-0.15, -0.1) is 0 Å². The van der Waals surface area contributed by atoms with E-state index < -0.39 is 5.97 Å². The van der Waals surface area contributed by atoms with Gasteiger partial charge in [0, 0.05) is 23.9 Å². The van der Waals surface area contributed by atoms with E-state index in [9.17, 15) is 4.79 Å². The van der Waals surface area contributed by atoms with E-state index in [0.29, 0.717) is 0 Å². The molecule has 0 aromatic rings. The summed E-state index contributed by atoms with van der Waals surface area (Å²) in [5, 5.41) is 7.60. The summed E-state index contributed by atoms with van der Waals surface area (Å²) in [5.74, 6) is -0.968. The number of hydrogen-bond acceptors (Lipinski definition) is 2. The van der Waals surface area contributed by atoms with Gasteiger partial charge in [-0.05, 0) is 0 Å². The molecule has 0 fully saturated rings. The molecule has 3 N–H and O–H groups in total. The SMILES string of the molecule is NCC(=O)O.[Sn]. The van der Waals surface area contributed by atoms with Gasteiger partial charge >= 0.3 is 5.97 Å². The maximum Gasteiger partial charge on any atom is 0.317 e. The van der Waals surface area contributed by atoms with E-state index in [1.54, 1.807) is 0 Å². The van der Waals surface area contributed by atoms with Crippen LogP contribution in [0.25, 0.3) is 0 Å². The minimum atomic E-state index is -0.968. The molecule has 0 aliphatic carbocycles. The Balaban J connectivity index is 0. The third-order valence-electron chi connectivity index (χ3n) is 0.175. The Bertz CT molecular complexity index is 46.8. The summed E-state index contributed by atoms with van der Waals surface area (Å²) >= 11 is 0. The molecular weight excluding hydrogens is 189 g/mol. The Morgan fingerprint density at radius 2 is 2.00 bits per heavy atom. The molecule has 3 nitrogen and oxygen atoms in total. The Kier molecular flexibility index (Phi) is 8.30. The summed E-state index contributed by atoms with van der Waals surface area (Å²) in [6, 6.07) is 0. The molecule has 4 radical (unpaired) electrons. The number of hydrogen-bond donors (Lipinski definition) is 2. The van der Waals surface area contributed by atoms with E-state index in [4.69, 9.17) is 5.11 Å². The van der Waals surface area contributed by atoms with Crippen LogP contribution >= 0.6 is 0 Å². The van der Waals surface area contributed by atoms with E-state index in [1.807, 2.05) is 0 Å². The Labute approximate surface area is 52.5 Å². The molecule has 0 unspecified atom stereocenters. The van der Waals surface area contributed by atoms with Crippen LogP contribution in [0.15, 0.2) is 0 Å². The number of carboxylic acids is 1. The minimum absolute atomic E-state index is 0. The van der Waals surface area contributed by atoms with Crippen LogP contribution in [0.1, 0.15) is 0 Å². The zero-order valence-electron chi connectivity index (χ0n) is 3.14. The number of nitrogens with two attached hydrogens (primary N) is 1. The quantitative estimate of drug-likeness (QED) is 0.507. The smallest absolute Gasteiger partial charge is 0.317 e. The normalized spacial score (nSPS) is 6.17. The van der Waals surface area contributed by atoms with Gasteiger partial charge in [0.1, 0.15) is 0 Å². The Morgan fingerprint density at radius 3 is 2.00 bits per heavy atom. The van der Waals surface area contributed by atoms with E-state index >= 15 is 0 Å². The molecular formula is C2H5NO2Sn. The van der Waals surface area contributed by atoms with Crippen LogP contribution in [0.5, 0.6) is 0 Å². The molecule has 0 saturated carbocycles. The maximum atomic E-state index is 9.24. The minimum Gasteiger partial charge on any atom is -0.480 e. The van der Waals surface area contributed by atoms with E-state index in [1.165, 1.54) is 0 Å². The van der Waals surface area contributed by atoms with E-state index in [-0.39, 0.29) is 30.5 Å². The molecule has 0 saturated heterocycles. The standard InChI is InChI=1S/C2H5NO2.Sn/c3-1-2(4)5;/h1,3H2,(H,4,5);. The number of carbonyl (C=O) groups is 1. The molecule has 0 rings (SSSR count). The summed E-state index contributed by atoms with van der Waals surface area (Å²) in [5.41, 5.74) is 4.57. The summed E-state index contributed by atoms with van der Waals surface area (Å²) in [6.45, 7) is -0.278. The number of rotatable bonds is 1. The van der Waals surface area contributed by atoms with Crippen molar-refractivity contribution in [2.24, 2.45) is 5.73 Å². The van der Waals surface area contributed by atoms with Gasteiger partial charge in [0.15, 0.2) is 0 Å². The first kappa shape index (κ1) is 9.52. The number of aliphatic carboxylic acids is 1. The van der Waals surface area contributed by atoms with Gasteiger partial charge in [0.05, 0.1) is 6.54 Å². The van der Waals surface area contributed by atoms with Crippen molar-refractivity contribution in [3.63, 3.8) is 0 Å². The average Bonchev–Trinajstić information content (AvgIpc) is 1.38. The van der Waals surface area contributed by atoms with Crippen molar-refractivity contribution in [2.45, 2.75) is 0 Å². The van der Waals surface area contributed by atoms with E-state index in [0.717, 1.165) is 0 Å². The predicted octanol–water partition coefficient (Wildman–Crippen LogP) is -1.35. The van der Waals surface area contributed by atoms with Gasteiger partial charge in [-0.25, -0.2) is 0 Å². The summed E-state index contributed by atoms with van der Waals surface area (Å²) < 4.78 is 0. The summed E-state index contributed by atoms with van der Waals surface area (Å²) in [7, 11) is 0. The van der Waals surface area contributed by atoms with Crippen molar-refractivity contribution in [3.05, 3.63) is 0 Å². The third kappa shape index (κ3) is 8.87. The van der Waals surface area contributed by atoms with Crippen molar-refractivity contribution in [1.82, 2.24) is 0 Å². The molecule has 34 valence electrons. The maximum absolute atomic E-state index is 9.24. The first-order valence-corrected chi connectivity index (χ1v) is 1.19. The number of carboxylic acid groups (broad SMARTS) is 1. The van der Waals surface area contributed by atoms with Gasteiger partial charge < -0.3 is 10.8 Å². The molecule has 6 heavy (non-hydrogen) atoms. The first-order valence-electron chi connectivity index (χ1n) is 1.19. The van der Waals surface area contributed by atoms with Crippen molar-refractivity contribution in [1.29, 1.82) is 0 Å². The fourth-order valence-corrected chi connectivity index (χ4v) is 0. The van der Waals surface area contributed by atoms with Gasteiger partial charge in [0.25, 0.3) is 0 Å². The van der Waals surface area contributed by atoms with Gasteiger partial charge in [-0.1, -0.05) is 0 Å². The van der Waals surface area contributed by atoms with Crippen LogP contribution in [-0.2, 0) is 4.79 Å². The van der Waals surface area contributed by atoms with Gasteiger partial charge in [-0.3, -0.25) is 4.79 Å². The monoisotopic (exact) mass is 195 g/mol. The molecule has 0 spiro atoms. The van der Waals surface area contributed by atoms with Crippen LogP contribution in [0.2, 0.25) is 0 Å². The van der Waals surface area contributed by atoms with Crippen LogP contribution in [0.4, 0.5) is 0 Å². The summed E-state index contributed by atoms with van der Waals surface area (Å²) in [4.78, 5) is 9.24. The van der Waals surface area contributed by atoms with Crippen molar-refractivity contribution < 1.29 is 9.90 Å². The van der Waals surface area contributed by atoms with Crippen molar-refractivity contribution in [3.8, 4) is 0 Å². The second kappa shape index (κ2) is 5.23. The zero-order chi connectivity index (χ0) is 4.28. The first-order chi connectivity index (χ1) is 2.27. The van der Waals surface area contributed by atoms with Crippen LogP contribution in [-0.4, -0.2) is 41.5 Å². The van der Waals surface area contributed by atoms with Crippen LogP contribution in [0, 0.1) is 0 Å². The van der Waals surface area contributed by atoms with Crippen LogP contribution in [0.3, 0.4) is 0 Å². The van der Waals surface area contributed by atoms with E-state index in [2.05, 4.69) is 5.73 Å². The molecule has 0 aliphatic rings. The topological polar surface area (TPSA) is 63.3 Å². The van der Waals surface area contributed by atoms with Gasteiger partial charge in [0.2, 0.25) is 0 Å². The second-order valence-electron chi connectivity index (χ2n) is 0.598. The fraction of sp³-hybridized carbons (Fsp3) is 0.500. The molecule has 0 atom stereocenters. The average molecular weight is 194 g/mol.